The van der Waals surface area contributed by atoms with Crippen molar-refractivity contribution in [2.75, 3.05) is 0 Å². The van der Waals surface area contributed by atoms with Crippen LogP contribution in [-0.4, -0.2) is 25.7 Å². The lowest BCUT2D eigenvalue weighted by atomic mass is 9.64. The summed E-state index contributed by atoms with van der Waals surface area (Å²) >= 11 is 0. The van der Waals surface area contributed by atoms with Crippen LogP contribution in [0.4, 0.5) is 0 Å². The molecule has 1 aliphatic rings. The molecule has 1 aromatic rings. The predicted octanol–water partition coefficient (Wildman–Crippen LogP) is 0.176. The SMILES string of the molecule is CC1(C)C(O)CC1NCc1ccc(S(N)(=O)=O)o1. The molecular weight excluding hydrogens is 256 g/mol. The van der Waals surface area contributed by atoms with Gasteiger partial charge in [0, 0.05) is 11.5 Å². The van der Waals surface area contributed by atoms with E-state index in [4.69, 9.17) is 9.56 Å². The highest BCUT2D eigenvalue weighted by Crippen LogP contribution is 2.40. The quantitative estimate of drug-likeness (QED) is 0.726. The molecule has 0 radical (unpaired) electrons. The van der Waals surface area contributed by atoms with Gasteiger partial charge in [0.25, 0.3) is 10.0 Å². The highest BCUT2D eigenvalue weighted by atomic mass is 32.2. The van der Waals surface area contributed by atoms with Crippen molar-refractivity contribution in [3.8, 4) is 0 Å². The first-order valence-corrected chi connectivity index (χ1v) is 7.29. The number of primary sulfonamides is 1. The summed E-state index contributed by atoms with van der Waals surface area (Å²) in [6, 6.07) is 3.11. The number of furan rings is 1. The molecule has 1 fully saturated rings. The first-order chi connectivity index (χ1) is 8.21. The number of rotatable bonds is 4. The van der Waals surface area contributed by atoms with Gasteiger partial charge < -0.3 is 14.8 Å². The Kier molecular flexibility index (Phi) is 3.26. The van der Waals surface area contributed by atoms with Crippen LogP contribution in [0.3, 0.4) is 0 Å². The summed E-state index contributed by atoms with van der Waals surface area (Å²) in [5, 5.41) is 17.5. The molecule has 0 bridgehead atoms. The van der Waals surface area contributed by atoms with Gasteiger partial charge in [-0.3, -0.25) is 0 Å². The van der Waals surface area contributed by atoms with Gasteiger partial charge in [-0.05, 0) is 18.6 Å². The monoisotopic (exact) mass is 274 g/mol. The van der Waals surface area contributed by atoms with E-state index in [-0.39, 0.29) is 22.7 Å². The molecule has 7 heteroatoms. The Morgan fingerprint density at radius 2 is 2.22 bits per heavy atom. The van der Waals surface area contributed by atoms with E-state index in [0.717, 1.165) is 0 Å². The van der Waals surface area contributed by atoms with Gasteiger partial charge in [0.15, 0.2) is 0 Å². The zero-order valence-electron chi connectivity index (χ0n) is 10.4. The second kappa shape index (κ2) is 4.34. The highest BCUT2D eigenvalue weighted by Gasteiger charge is 2.46. The van der Waals surface area contributed by atoms with Crippen molar-refractivity contribution in [1.82, 2.24) is 5.32 Å². The summed E-state index contributed by atoms with van der Waals surface area (Å²) < 4.78 is 27.2. The van der Waals surface area contributed by atoms with Gasteiger partial charge in [0.2, 0.25) is 5.09 Å². The summed E-state index contributed by atoms with van der Waals surface area (Å²) in [6.07, 6.45) is 0.391. The van der Waals surface area contributed by atoms with Crippen LogP contribution in [0, 0.1) is 5.41 Å². The largest absolute Gasteiger partial charge is 0.447 e. The Hall–Kier alpha value is -0.890. The van der Waals surface area contributed by atoms with Crippen molar-refractivity contribution >= 4 is 10.0 Å². The predicted molar refractivity (Wildman–Crippen MR) is 65.1 cm³/mol. The molecule has 4 N–H and O–H groups in total. The lowest BCUT2D eigenvalue weighted by Crippen LogP contribution is -2.59. The van der Waals surface area contributed by atoms with Crippen LogP contribution in [0.15, 0.2) is 21.6 Å². The summed E-state index contributed by atoms with van der Waals surface area (Å²) in [5.41, 5.74) is -0.171. The van der Waals surface area contributed by atoms with Crippen LogP contribution in [0.25, 0.3) is 0 Å². The van der Waals surface area contributed by atoms with Crippen LogP contribution in [0.5, 0.6) is 0 Å². The summed E-state index contributed by atoms with van der Waals surface area (Å²) in [4.78, 5) is 0. The minimum Gasteiger partial charge on any atom is -0.447 e. The number of nitrogens with two attached hydrogens (primary N) is 1. The number of nitrogens with one attached hydrogen (secondary N) is 1. The Bertz CT molecular complexity index is 535. The van der Waals surface area contributed by atoms with Crippen LogP contribution < -0.4 is 10.5 Å². The summed E-state index contributed by atoms with van der Waals surface area (Å²) in [6.45, 7) is 4.38. The molecule has 1 aliphatic carbocycles. The van der Waals surface area contributed by atoms with E-state index in [1.54, 1.807) is 6.07 Å². The molecule has 0 spiro atoms. The molecule has 18 heavy (non-hydrogen) atoms. The van der Waals surface area contributed by atoms with Gasteiger partial charge in [-0.1, -0.05) is 13.8 Å². The van der Waals surface area contributed by atoms with Crippen molar-refractivity contribution in [2.45, 2.75) is 44.1 Å². The second-order valence-electron chi connectivity index (χ2n) is 5.27. The third-order valence-corrected chi connectivity index (χ3v) is 4.44. The van der Waals surface area contributed by atoms with Gasteiger partial charge in [-0.15, -0.1) is 0 Å². The van der Waals surface area contributed by atoms with Crippen molar-refractivity contribution < 1.29 is 17.9 Å². The molecule has 6 nitrogen and oxygen atoms in total. The highest BCUT2D eigenvalue weighted by molar-refractivity contribution is 7.89. The third kappa shape index (κ3) is 2.44. The molecule has 0 amide bonds. The molecule has 0 aromatic carbocycles. The smallest absolute Gasteiger partial charge is 0.271 e. The minimum absolute atomic E-state index is 0.171. The standard InChI is InChI=1S/C11H18N2O4S/c1-11(2)8(5-9(11)14)13-6-7-3-4-10(17-7)18(12,15)16/h3-4,8-9,13-14H,5-6H2,1-2H3,(H2,12,15,16). The van der Waals surface area contributed by atoms with E-state index in [0.29, 0.717) is 18.7 Å². The van der Waals surface area contributed by atoms with Gasteiger partial charge in [0.05, 0.1) is 12.6 Å². The molecular formula is C11H18N2O4S. The van der Waals surface area contributed by atoms with Crippen molar-refractivity contribution in [3.05, 3.63) is 17.9 Å². The second-order valence-corrected chi connectivity index (χ2v) is 6.76. The van der Waals surface area contributed by atoms with E-state index in [2.05, 4.69) is 5.32 Å². The molecule has 1 saturated carbocycles. The molecule has 2 atom stereocenters. The molecule has 2 rings (SSSR count). The zero-order valence-corrected chi connectivity index (χ0v) is 11.2. The van der Waals surface area contributed by atoms with Crippen molar-refractivity contribution in [3.63, 3.8) is 0 Å². The summed E-state index contributed by atoms with van der Waals surface area (Å²) in [5.74, 6) is 0.510. The van der Waals surface area contributed by atoms with Crippen LogP contribution in [0.2, 0.25) is 0 Å². The van der Waals surface area contributed by atoms with Crippen LogP contribution >= 0.6 is 0 Å². The van der Waals surface area contributed by atoms with Crippen molar-refractivity contribution in [1.29, 1.82) is 0 Å². The third-order valence-electron chi connectivity index (χ3n) is 3.66. The number of hydrogen-bond acceptors (Lipinski definition) is 5. The number of aliphatic hydroxyl groups is 1. The first-order valence-electron chi connectivity index (χ1n) is 5.74. The lowest BCUT2D eigenvalue weighted by Gasteiger charge is -2.49. The van der Waals surface area contributed by atoms with Gasteiger partial charge in [0.1, 0.15) is 5.76 Å². The fourth-order valence-corrected chi connectivity index (χ4v) is 2.56. The van der Waals surface area contributed by atoms with Crippen LogP contribution in [0.1, 0.15) is 26.0 Å². The average molecular weight is 274 g/mol. The Morgan fingerprint density at radius 3 is 2.67 bits per heavy atom. The summed E-state index contributed by atoms with van der Waals surface area (Å²) in [7, 11) is -3.78. The van der Waals surface area contributed by atoms with E-state index < -0.39 is 10.0 Å². The number of aliphatic hydroxyl groups excluding tert-OH is 1. The fourth-order valence-electron chi connectivity index (χ4n) is 2.08. The average Bonchev–Trinajstić information content (AvgIpc) is 2.72. The lowest BCUT2D eigenvalue weighted by molar-refractivity contribution is -0.0734. The normalized spacial score (nSPS) is 26.9. The van der Waals surface area contributed by atoms with E-state index in [9.17, 15) is 13.5 Å². The first kappa shape index (κ1) is 13.5. The topological polar surface area (TPSA) is 106 Å². The van der Waals surface area contributed by atoms with Gasteiger partial charge in [-0.2, -0.15) is 0 Å². The maximum absolute atomic E-state index is 11.0. The van der Waals surface area contributed by atoms with Crippen LogP contribution in [-0.2, 0) is 16.6 Å². The van der Waals surface area contributed by atoms with E-state index in [1.807, 2.05) is 13.8 Å². The maximum Gasteiger partial charge on any atom is 0.271 e. The molecule has 1 heterocycles. The van der Waals surface area contributed by atoms with Crippen molar-refractivity contribution in [2.24, 2.45) is 10.6 Å². The molecule has 2 unspecified atom stereocenters. The maximum atomic E-state index is 11.0. The molecule has 0 saturated heterocycles. The van der Waals surface area contributed by atoms with E-state index >= 15 is 0 Å². The minimum atomic E-state index is -3.78. The van der Waals surface area contributed by atoms with Gasteiger partial charge in [-0.25, -0.2) is 13.6 Å². The Morgan fingerprint density at radius 1 is 1.56 bits per heavy atom. The zero-order chi connectivity index (χ0) is 13.6. The number of sulfonamides is 1. The van der Waals surface area contributed by atoms with E-state index in [1.165, 1.54) is 6.07 Å². The molecule has 102 valence electrons. The molecule has 0 aliphatic heterocycles. The number of hydrogen-bond donors (Lipinski definition) is 3. The Labute approximate surface area is 106 Å². The Balaban J connectivity index is 1.94. The van der Waals surface area contributed by atoms with Gasteiger partial charge >= 0.3 is 0 Å². The fraction of sp³-hybridized carbons (Fsp3) is 0.636. The molecule has 1 aromatic heterocycles.